The summed E-state index contributed by atoms with van der Waals surface area (Å²) in [4.78, 5) is 4.26. The van der Waals surface area contributed by atoms with Crippen molar-refractivity contribution in [2.24, 2.45) is 0 Å². The minimum atomic E-state index is -0.0966. The van der Waals surface area contributed by atoms with Gasteiger partial charge in [-0.3, -0.25) is 4.90 Å². The minimum Gasteiger partial charge on any atom is -0.470 e. The van der Waals surface area contributed by atoms with Gasteiger partial charge in [-0.15, -0.1) is 0 Å². The first-order valence-electron chi connectivity index (χ1n) is 11.0. The van der Waals surface area contributed by atoms with E-state index in [0.29, 0.717) is 0 Å². The van der Waals surface area contributed by atoms with E-state index in [1.54, 1.807) is 0 Å². The molecule has 0 unspecified atom stereocenters. The van der Waals surface area contributed by atoms with Crippen LogP contribution < -0.4 is 0 Å². The van der Waals surface area contributed by atoms with Crippen molar-refractivity contribution in [3.63, 3.8) is 0 Å². The lowest BCUT2D eigenvalue weighted by molar-refractivity contribution is 0.0503. The predicted octanol–water partition coefficient (Wildman–Crippen LogP) is 5.96. The fourth-order valence-electron chi connectivity index (χ4n) is 4.30. The summed E-state index contributed by atoms with van der Waals surface area (Å²) in [6, 6.07) is 21.2. The summed E-state index contributed by atoms with van der Waals surface area (Å²) in [5, 5.41) is 0. The normalized spacial score (nSPS) is 20.4. The Hall–Kier alpha value is -3.04. The first-order valence-corrected chi connectivity index (χ1v) is 11.0. The Kier molecular flexibility index (Phi) is 6.43. The maximum atomic E-state index is 6.70. The molecule has 0 fully saturated rings. The number of allylic oxidation sites excluding steroid dienone is 5. The van der Waals surface area contributed by atoms with Crippen LogP contribution in [0, 0.1) is 0 Å². The smallest absolute Gasteiger partial charge is 0.179 e. The Labute approximate surface area is 186 Å². The van der Waals surface area contributed by atoms with Crippen molar-refractivity contribution in [3.8, 4) is 0 Å². The monoisotopic (exact) mass is 412 g/mol. The van der Waals surface area contributed by atoms with Crippen LogP contribution in [0.2, 0.25) is 0 Å². The van der Waals surface area contributed by atoms with E-state index >= 15 is 0 Å². The fourth-order valence-corrected chi connectivity index (χ4v) is 4.30. The molecule has 4 rings (SSSR count). The fraction of sp³-hybridized carbons (Fsp3) is 0.286. The first-order chi connectivity index (χ1) is 15.0. The number of benzene rings is 2. The van der Waals surface area contributed by atoms with Gasteiger partial charge in [-0.1, -0.05) is 60.7 Å². The van der Waals surface area contributed by atoms with Gasteiger partial charge in [-0.25, -0.2) is 0 Å². The standard InChI is InChI=1S/C28H32N2O/c1-29(2)20-25(21-12-7-5-8-13-21)18-23-16-11-17-24-19-26(22-14-9-6-10-15-22)28(30(3)4)31-27(23)24/h5-10,12-15,18-20,28H,11,16-17H2,1-4H3/b23-18+,25-20+/t28-/m0/s1. The Balaban J connectivity index is 1.78. The van der Waals surface area contributed by atoms with Crippen LogP contribution in [0.3, 0.4) is 0 Å². The molecule has 0 saturated heterocycles. The van der Waals surface area contributed by atoms with Gasteiger partial charge in [0.1, 0.15) is 5.76 Å². The highest BCUT2D eigenvalue weighted by molar-refractivity contribution is 5.77. The Morgan fingerprint density at radius 2 is 1.58 bits per heavy atom. The second kappa shape index (κ2) is 9.40. The van der Waals surface area contributed by atoms with E-state index in [-0.39, 0.29) is 6.23 Å². The van der Waals surface area contributed by atoms with Gasteiger partial charge >= 0.3 is 0 Å². The SMILES string of the molecule is CN(C)/C=C(\C=C1/CCCC2=C1O[C@H](N(C)C)C(c1ccccc1)=C2)c1ccccc1. The van der Waals surface area contributed by atoms with Crippen molar-refractivity contribution in [3.05, 3.63) is 107 Å². The molecule has 31 heavy (non-hydrogen) atoms. The molecule has 0 amide bonds. The zero-order chi connectivity index (χ0) is 21.8. The van der Waals surface area contributed by atoms with Gasteiger partial charge in [-0.2, -0.15) is 0 Å². The predicted molar refractivity (Wildman–Crippen MR) is 130 cm³/mol. The molecule has 3 heteroatoms. The van der Waals surface area contributed by atoms with Crippen molar-refractivity contribution < 1.29 is 4.74 Å². The van der Waals surface area contributed by atoms with Crippen LogP contribution in [-0.2, 0) is 4.74 Å². The van der Waals surface area contributed by atoms with Crippen molar-refractivity contribution >= 4 is 11.1 Å². The van der Waals surface area contributed by atoms with Crippen LogP contribution in [0.4, 0.5) is 0 Å². The van der Waals surface area contributed by atoms with Crippen LogP contribution in [0.1, 0.15) is 30.4 Å². The summed E-state index contributed by atoms with van der Waals surface area (Å²) >= 11 is 0. The van der Waals surface area contributed by atoms with E-state index in [2.05, 4.69) is 117 Å². The Bertz CT molecular complexity index is 1030. The third kappa shape index (κ3) is 4.83. The lowest BCUT2D eigenvalue weighted by Gasteiger charge is -2.36. The molecule has 2 aromatic carbocycles. The van der Waals surface area contributed by atoms with Crippen molar-refractivity contribution in [1.82, 2.24) is 9.80 Å². The van der Waals surface area contributed by atoms with Crippen molar-refractivity contribution in [2.75, 3.05) is 28.2 Å². The molecule has 1 aliphatic heterocycles. The molecule has 0 spiro atoms. The summed E-state index contributed by atoms with van der Waals surface area (Å²) < 4.78 is 6.70. The number of hydrogen-bond acceptors (Lipinski definition) is 3. The molecular weight excluding hydrogens is 380 g/mol. The lowest BCUT2D eigenvalue weighted by Crippen LogP contribution is -2.34. The third-order valence-electron chi connectivity index (χ3n) is 5.71. The quantitative estimate of drug-likeness (QED) is 0.603. The molecule has 2 aliphatic rings. The molecule has 0 radical (unpaired) electrons. The number of rotatable bonds is 5. The Morgan fingerprint density at radius 1 is 0.903 bits per heavy atom. The molecule has 1 atom stereocenters. The lowest BCUT2D eigenvalue weighted by atomic mass is 9.87. The first kappa shape index (κ1) is 21.2. The summed E-state index contributed by atoms with van der Waals surface area (Å²) in [5.41, 5.74) is 7.48. The van der Waals surface area contributed by atoms with E-state index in [1.165, 1.54) is 33.4 Å². The summed E-state index contributed by atoms with van der Waals surface area (Å²) in [6.07, 6.45) is 10.0. The van der Waals surface area contributed by atoms with Gasteiger partial charge in [0.05, 0.1) is 0 Å². The molecule has 1 heterocycles. The molecule has 0 bridgehead atoms. The maximum absolute atomic E-state index is 6.70. The average Bonchev–Trinajstić information content (AvgIpc) is 2.79. The molecule has 0 aromatic heterocycles. The molecule has 2 aromatic rings. The molecule has 160 valence electrons. The average molecular weight is 413 g/mol. The zero-order valence-electron chi connectivity index (χ0n) is 19.0. The Morgan fingerprint density at radius 3 is 2.23 bits per heavy atom. The summed E-state index contributed by atoms with van der Waals surface area (Å²) in [5.74, 6) is 1.06. The van der Waals surface area contributed by atoms with Crippen LogP contribution in [0.15, 0.2) is 95.9 Å². The zero-order valence-corrected chi connectivity index (χ0v) is 19.0. The van der Waals surface area contributed by atoms with E-state index in [4.69, 9.17) is 4.74 Å². The molecule has 1 aliphatic carbocycles. The minimum absolute atomic E-state index is 0.0966. The van der Waals surface area contributed by atoms with Gasteiger partial charge in [0.2, 0.25) is 0 Å². The third-order valence-corrected chi connectivity index (χ3v) is 5.71. The highest BCUT2D eigenvalue weighted by Crippen LogP contribution is 2.41. The highest BCUT2D eigenvalue weighted by atomic mass is 16.5. The molecule has 0 saturated carbocycles. The molecule has 3 nitrogen and oxygen atoms in total. The topological polar surface area (TPSA) is 15.7 Å². The second-order valence-corrected chi connectivity index (χ2v) is 8.69. The van der Waals surface area contributed by atoms with Crippen LogP contribution in [-0.4, -0.2) is 44.2 Å². The van der Waals surface area contributed by atoms with Crippen molar-refractivity contribution in [2.45, 2.75) is 25.5 Å². The number of nitrogens with zero attached hydrogens (tertiary/aromatic N) is 2. The number of ether oxygens (including phenoxy) is 1. The van der Waals surface area contributed by atoms with Crippen molar-refractivity contribution in [1.29, 1.82) is 0 Å². The second-order valence-electron chi connectivity index (χ2n) is 8.69. The van der Waals surface area contributed by atoms with Gasteiger partial charge in [-0.05, 0) is 73.4 Å². The van der Waals surface area contributed by atoms with Crippen LogP contribution in [0.5, 0.6) is 0 Å². The van der Waals surface area contributed by atoms with E-state index < -0.39 is 0 Å². The van der Waals surface area contributed by atoms with Gasteiger partial charge in [0.25, 0.3) is 0 Å². The maximum Gasteiger partial charge on any atom is 0.179 e. The van der Waals surface area contributed by atoms with E-state index in [9.17, 15) is 0 Å². The summed E-state index contributed by atoms with van der Waals surface area (Å²) in [7, 11) is 8.31. The van der Waals surface area contributed by atoms with Crippen LogP contribution in [0.25, 0.3) is 11.1 Å². The number of hydrogen-bond donors (Lipinski definition) is 0. The molecule has 0 N–H and O–H groups in total. The van der Waals surface area contributed by atoms with Crippen LogP contribution >= 0.6 is 0 Å². The van der Waals surface area contributed by atoms with Gasteiger partial charge in [0, 0.05) is 25.9 Å². The largest absolute Gasteiger partial charge is 0.470 e. The number of likely N-dealkylation sites (N-methyl/N-ethyl adjacent to an activating group) is 1. The van der Waals surface area contributed by atoms with E-state index in [1.807, 2.05) is 0 Å². The van der Waals surface area contributed by atoms with Gasteiger partial charge < -0.3 is 9.64 Å². The van der Waals surface area contributed by atoms with E-state index in [0.717, 1.165) is 25.0 Å². The summed E-state index contributed by atoms with van der Waals surface area (Å²) in [6.45, 7) is 0. The van der Waals surface area contributed by atoms with Gasteiger partial charge in [0.15, 0.2) is 6.23 Å². The highest BCUT2D eigenvalue weighted by Gasteiger charge is 2.30. The molecular formula is C28H32N2O.